The van der Waals surface area contributed by atoms with E-state index in [2.05, 4.69) is 16.8 Å². The van der Waals surface area contributed by atoms with Crippen molar-refractivity contribution in [1.29, 1.82) is 0 Å². The summed E-state index contributed by atoms with van der Waals surface area (Å²) in [5, 5.41) is 0. The number of oxazole rings is 1. The minimum atomic E-state index is 0.235. The van der Waals surface area contributed by atoms with Crippen molar-refractivity contribution in [3.63, 3.8) is 0 Å². The van der Waals surface area contributed by atoms with E-state index in [0.717, 1.165) is 62.9 Å². The Morgan fingerprint density at radius 1 is 1.17 bits per heavy atom. The van der Waals surface area contributed by atoms with Gasteiger partial charge in [-0.25, -0.2) is 4.98 Å². The highest BCUT2D eigenvalue weighted by Crippen LogP contribution is 2.37. The molecule has 0 spiro atoms. The summed E-state index contributed by atoms with van der Waals surface area (Å²) < 4.78 is 5.95. The lowest BCUT2D eigenvalue weighted by Crippen LogP contribution is -2.43. The van der Waals surface area contributed by atoms with Crippen LogP contribution in [0, 0.1) is 0 Å². The number of hydrogen-bond donors (Lipinski definition) is 0. The molecule has 1 aromatic rings. The first-order valence-corrected chi connectivity index (χ1v) is 9.36. The second kappa shape index (κ2) is 6.84. The molecule has 0 N–H and O–H groups in total. The van der Waals surface area contributed by atoms with E-state index in [1.807, 2.05) is 4.90 Å². The van der Waals surface area contributed by atoms with Gasteiger partial charge < -0.3 is 14.2 Å². The zero-order valence-corrected chi connectivity index (χ0v) is 14.7. The molecule has 1 aromatic heterocycles. The zero-order chi connectivity index (χ0) is 16.5. The highest BCUT2D eigenvalue weighted by Gasteiger charge is 2.30. The summed E-state index contributed by atoms with van der Waals surface area (Å²) in [5.74, 6) is 2.68. The highest BCUT2D eigenvalue weighted by atomic mass is 16.4. The molecule has 0 radical (unpaired) electrons. The standard InChI is InChI=1S/C18H28N4O2/c1-20-7-3-8-21(11-10-20)13-17(23)22-9-6-16-15(12-22)19-18(24-16)14-4-2-5-14/h14H,2-13H2,1H3. The van der Waals surface area contributed by atoms with Gasteiger partial charge >= 0.3 is 0 Å². The molecular weight excluding hydrogens is 304 g/mol. The van der Waals surface area contributed by atoms with Crippen molar-refractivity contribution < 1.29 is 9.21 Å². The molecule has 6 nitrogen and oxygen atoms in total. The molecule has 1 aliphatic carbocycles. The van der Waals surface area contributed by atoms with Gasteiger partial charge in [-0.2, -0.15) is 0 Å². The predicted octanol–water partition coefficient (Wildman–Crippen LogP) is 1.46. The Kier molecular flexibility index (Phi) is 4.59. The average Bonchev–Trinajstić information content (AvgIpc) is 2.81. The number of fused-ring (bicyclic) bond motifs is 1. The Labute approximate surface area is 143 Å². The normalized spacial score (nSPS) is 23.6. The second-order valence-electron chi connectivity index (χ2n) is 7.55. The van der Waals surface area contributed by atoms with Gasteiger partial charge in [0, 0.05) is 32.0 Å². The van der Waals surface area contributed by atoms with Gasteiger partial charge in [0.2, 0.25) is 5.91 Å². The number of rotatable bonds is 3. The maximum atomic E-state index is 12.7. The Morgan fingerprint density at radius 3 is 2.83 bits per heavy atom. The van der Waals surface area contributed by atoms with Crippen LogP contribution in [0.25, 0.3) is 0 Å². The maximum absolute atomic E-state index is 12.7. The van der Waals surface area contributed by atoms with E-state index in [4.69, 9.17) is 9.40 Å². The molecule has 6 heteroatoms. The molecule has 0 bridgehead atoms. The quantitative estimate of drug-likeness (QED) is 0.839. The zero-order valence-electron chi connectivity index (χ0n) is 14.7. The molecule has 3 aliphatic rings. The van der Waals surface area contributed by atoms with Crippen LogP contribution >= 0.6 is 0 Å². The van der Waals surface area contributed by atoms with Crippen LogP contribution < -0.4 is 0 Å². The Morgan fingerprint density at radius 2 is 2.04 bits per heavy atom. The molecule has 4 rings (SSSR count). The molecule has 1 amide bonds. The Bertz CT molecular complexity index is 596. The minimum absolute atomic E-state index is 0.235. The molecule has 0 aromatic carbocycles. The van der Waals surface area contributed by atoms with Crippen LogP contribution in [-0.2, 0) is 17.8 Å². The summed E-state index contributed by atoms with van der Waals surface area (Å²) >= 11 is 0. The summed E-state index contributed by atoms with van der Waals surface area (Å²) in [7, 11) is 2.15. The van der Waals surface area contributed by atoms with Crippen molar-refractivity contribution in [1.82, 2.24) is 19.7 Å². The third-order valence-electron chi connectivity index (χ3n) is 5.72. The number of amides is 1. The lowest BCUT2D eigenvalue weighted by atomic mass is 9.85. The maximum Gasteiger partial charge on any atom is 0.237 e. The number of carbonyl (C=O) groups is 1. The second-order valence-corrected chi connectivity index (χ2v) is 7.55. The minimum Gasteiger partial charge on any atom is -0.445 e. The highest BCUT2D eigenvalue weighted by molar-refractivity contribution is 5.78. The molecule has 24 heavy (non-hydrogen) atoms. The van der Waals surface area contributed by atoms with E-state index in [9.17, 15) is 4.79 Å². The first-order valence-electron chi connectivity index (χ1n) is 9.36. The number of hydrogen-bond acceptors (Lipinski definition) is 5. The molecule has 1 saturated heterocycles. The molecule has 1 saturated carbocycles. The topological polar surface area (TPSA) is 52.8 Å². The van der Waals surface area contributed by atoms with Gasteiger partial charge in [-0.15, -0.1) is 0 Å². The van der Waals surface area contributed by atoms with Crippen molar-refractivity contribution >= 4 is 5.91 Å². The predicted molar refractivity (Wildman–Crippen MR) is 90.8 cm³/mol. The van der Waals surface area contributed by atoms with Crippen molar-refractivity contribution in [3.05, 3.63) is 17.3 Å². The van der Waals surface area contributed by atoms with Crippen LogP contribution in [0.5, 0.6) is 0 Å². The molecular formula is C18H28N4O2. The van der Waals surface area contributed by atoms with Crippen molar-refractivity contribution in [3.8, 4) is 0 Å². The van der Waals surface area contributed by atoms with Gasteiger partial charge in [-0.05, 0) is 39.4 Å². The van der Waals surface area contributed by atoms with Gasteiger partial charge in [0.05, 0.1) is 13.1 Å². The largest absolute Gasteiger partial charge is 0.445 e. The number of likely N-dealkylation sites (N-methyl/N-ethyl adjacent to an activating group) is 1. The van der Waals surface area contributed by atoms with E-state index >= 15 is 0 Å². The fourth-order valence-electron chi connectivity index (χ4n) is 3.81. The summed E-state index contributed by atoms with van der Waals surface area (Å²) in [6.45, 7) is 6.10. The van der Waals surface area contributed by atoms with E-state index in [1.165, 1.54) is 19.3 Å². The number of aromatic nitrogens is 1. The number of nitrogens with zero attached hydrogens (tertiary/aromatic N) is 4. The van der Waals surface area contributed by atoms with Gasteiger partial charge in [-0.1, -0.05) is 6.42 Å². The van der Waals surface area contributed by atoms with Crippen LogP contribution in [0.2, 0.25) is 0 Å². The van der Waals surface area contributed by atoms with E-state index < -0.39 is 0 Å². The van der Waals surface area contributed by atoms with Crippen LogP contribution in [0.4, 0.5) is 0 Å². The Balaban J connectivity index is 1.35. The molecule has 0 unspecified atom stereocenters. The lowest BCUT2D eigenvalue weighted by molar-refractivity contribution is -0.133. The van der Waals surface area contributed by atoms with Crippen LogP contribution in [0.1, 0.15) is 48.9 Å². The van der Waals surface area contributed by atoms with Crippen molar-refractivity contribution in [2.24, 2.45) is 0 Å². The van der Waals surface area contributed by atoms with Crippen molar-refractivity contribution in [2.75, 3.05) is 46.3 Å². The van der Waals surface area contributed by atoms with Gasteiger partial charge in [-0.3, -0.25) is 9.69 Å². The van der Waals surface area contributed by atoms with Crippen LogP contribution in [-0.4, -0.2) is 71.9 Å². The van der Waals surface area contributed by atoms with E-state index in [-0.39, 0.29) is 5.91 Å². The fourth-order valence-corrected chi connectivity index (χ4v) is 3.81. The van der Waals surface area contributed by atoms with Crippen LogP contribution in [0.15, 0.2) is 4.42 Å². The SMILES string of the molecule is CN1CCCN(CC(=O)N2CCc3oc(C4CCC4)nc3C2)CC1. The van der Waals surface area contributed by atoms with Gasteiger partial charge in [0.15, 0.2) is 5.89 Å². The number of carbonyl (C=O) groups excluding carboxylic acids is 1. The summed E-state index contributed by atoms with van der Waals surface area (Å²) in [4.78, 5) is 24.0. The lowest BCUT2D eigenvalue weighted by Gasteiger charge is -2.28. The molecule has 2 fully saturated rings. The summed E-state index contributed by atoms with van der Waals surface area (Å²) in [5.41, 5.74) is 0.993. The molecule has 0 atom stereocenters. The molecule has 132 valence electrons. The molecule has 3 heterocycles. The molecule has 2 aliphatic heterocycles. The third kappa shape index (κ3) is 3.35. The van der Waals surface area contributed by atoms with Gasteiger partial charge in [0.25, 0.3) is 0 Å². The Hall–Kier alpha value is -1.40. The summed E-state index contributed by atoms with van der Waals surface area (Å²) in [6.07, 6.45) is 5.63. The third-order valence-corrected chi connectivity index (χ3v) is 5.72. The fraction of sp³-hybridized carbons (Fsp3) is 0.778. The van der Waals surface area contributed by atoms with E-state index in [0.29, 0.717) is 19.0 Å². The smallest absolute Gasteiger partial charge is 0.237 e. The first-order chi connectivity index (χ1) is 11.7. The average molecular weight is 332 g/mol. The first kappa shape index (κ1) is 16.1. The monoisotopic (exact) mass is 332 g/mol. The van der Waals surface area contributed by atoms with Crippen molar-refractivity contribution in [2.45, 2.75) is 44.6 Å². The van der Waals surface area contributed by atoms with Gasteiger partial charge in [0.1, 0.15) is 11.5 Å². The summed E-state index contributed by atoms with van der Waals surface area (Å²) in [6, 6.07) is 0. The van der Waals surface area contributed by atoms with E-state index in [1.54, 1.807) is 0 Å². The van der Waals surface area contributed by atoms with Crippen LogP contribution in [0.3, 0.4) is 0 Å².